The van der Waals surface area contributed by atoms with Gasteiger partial charge < -0.3 is 9.88 Å². The van der Waals surface area contributed by atoms with Crippen LogP contribution in [0.15, 0.2) is 30.3 Å². The minimum Gasteiger partial charge on any atom is -0.346 e. The second-order valence-electron chi connectivity index (χ2n) is 7.53. The Morgan fingerprint density at radius 3 is 2.65 bits per heavy atom. The lowest BCUT2D eigenvalue weighted by Gasteiger charge is -2.52. The molecule has 3 saturated heterocycles. The van der Waals surface area contributed by atoms with Gasteiger partial charge in [-0.2, -0.15) is 0 Å². The summed E-state index contributed by atoms with van der Waals surface area (Å²) in [5.41, 5.74) is 2.19. The third kappa shape index (κ3) is 1.84. The van der Waals surface area contributed by atoms with Gasteiger partial charge >= 0.3 is 0 Å². The molecule has 1 spiro atoms. The van der Waals surface area contributed by atoms with Gasteiger partial charge in [0, 0.05) is 23.5 Å². The second-order valence-corrected chi connectivity index (χ2v) is 7.53. The van der Waals surface area contributed by atoms with Crippen LogP contribution in [0.2, 0.25) is 0 Å². The van der Waals surface area contributed by atoms with Gasteiger partial charge in [0.15, 0.2) is 0 Å². The molecule has 2 aromatic rings. The van der Waals surface area contributed by atoms with Crippen molar-refractivity contribution >= 4 is 16.8 Å². The van der Waals surface area contributed by atoms with Crippen molar-refractivity contribution in [3.8, 4) is 0 Å². The lowest BCUT2D eigenvalue weighted by Crippen LogP contribution is -2.65. The molecule has 1 N–H and O–H groups in total. The first kappa shape index (κ1) is 13.6. The Bertz CT molecular complexity index is 781. The third-order valence-electron chi connectivity index (χ3n) is 6.45. The van der Waals surface area contributed by atoms with Gasteiger partial charge in [0.25, 0.3) is 5.91 Å². The van der Waals surface area contributed by atoms with Gasteiger partial charge in [-0.25, -0.2) is 0 Å². The summed E-state index contributed by atoms with van der Waals surface area (Å²) in [6.07, 6.45) is 4.98. The fourth-order valence-corrected chi connectivity index (χ4v) is 5.04. The molecule has 4 aliphatic rings. The summed E-state index contributed by atoms with van der Waals surface area (Å²) in [6.45, 7) is 2.45. The van der Waals surface area contributed by atoms with Gasteiger partial charge in [-0.1, -0.05) is 18.2 Å². The maximum Gasteiger partial charge on any atom is 0.268 e. The Morgan fingerprint density at radius 2 is 1.96 bits per heavy atom. The largest absolute Gasteiger partial charge is 0.346 e. The quantitative estimate of drug-likeness (QED) is 0.925. The zero-order valence-electron chi connectivity index (χ0n) is 13.6. The first-order valence-corrected chi connectivity index (χ1v) is 8.79. The smallest absolute Gasteiger partial charge is 0.268 e. The van der Waals surface area contributed by atoms with Crippen molar-refractivity contribution in [2.24, 2.45) is 13.0 Å². The molecule has 1 unspecified atom stereocenters. The predicted octanol–water partition coefficient (Wildman–Crippen LogP) is 2.53. The topological polar surface area (TPSA) is 37.3 Å². The van der Waals surface area contributed by atoms with E-state index < -0.39 is 0 Å². The van der Waals surface area contributed by atoms with Crippen LogP contribution in [-0.2, 0) is 7.05 Å². The van der Waals surface area contributed by atoms with Gasteiger partial charge in [0.2, 0.25) is 0 Å². The van der Waals surface area contributed by atoms with Crippen molar-refractivity contribution in [2.45, 2.75) is 37.3 Å². The van der Waals surface area contributed by atoms with Crippen molar-refractivity contribution in [1.29, 1.82) is 0 Å². The molecule has 1 atom stereocenters. The monoisotopic (exact) mass is 309 g/mol. The third-order valence-corrected chi connectivity index (χ3v) is 6.45. The number of fused-ring (bicyclic) bond motifs is 3. The zero-order valence-corrected chi connectivity index (χ0v) is 13.6. The van der Waals surface area contributed by atoms with Crippen molar-refractivity contribution < 1.29 is 4.79 Å². The number of nitrogens with one attached hydrogen (secondary N) is 1. The Balaban J connectivity index is 1.46. The molecular formula is C19H23N3O. The molecule has 4 nitrogen and oxygen atoms in total. The highest BCUT2D eigenvalue weighted by Crippen LogP contribution is 2.53. The van der Waals surface area contributed by atoms with Crippen molar-refractivity contribution in [1.82, 2.24) is 14.8 Å². The van der Waals surface area contributed by atoms with E-state index in [0.29, 0.717) is 17.5 Å². The number of carbonyl (C=O) groups excluding carboxylic acids is 1. The van der Waals surface area contributed by atoms with E-state index in [1.165, 1.54) is 38.8 Å². The molecular weight excluding hydrogens is 286 g/mol. The summed E-state index contributed by atoms with van der Waals surface area (Å²) in [6, 6.07) is 10.6. The number of rotatable bonds is 2. The molecule has 1 aromatic carbocycles. The number of amides is 1. The molecule has 0 radical (unpaired) electrons. The summed E-state index contributed by atoms with van der Waals surface area (Å²) >= 11 is 0. The number of piperidine rings is 3. The molecule has 4 heterocycles. The molecule has 1 amide bonds. The molecule has 1 saturated carbocycles. The van der Waals surface area contributed by atoms with Gasteiger partial charge in [-0.05, 0) is 56.8 Å². The number of aromatic nitrogens is 1. The molecule has 3 aliphatic heterocycles. The van der Waals surface area contributed by atoms with Gasteiger partial charge in [-0.3, -0.25) is 9.69 Å². The fourth-order valence-electron chi connectivity index (χ4n) is 5.04. The van der Waals surface area contributed by atoms with Crippen LogP contribution in [0.3, 0.4) is 0 Å². The van der Waals surface area contributed by atoms with E-state index in [-0.39, 0.29) is 5.91 Å². The van der Waals surface area contributed by atoms with E-state index in [1.807, 2.05) is 29.8 Å². The minimum atomic E-state index is 0.0914. The summed E-state index contributed by atoms with van der Waals surface area (Å²) in [5, 5.41) is 4.55. The maximum atomic E-state index is 12.9. The van der Waals surface area contributed by atoms with Crippen LogP contribution in [-0.4, -0.2) is 40.0 Å². The van der Waals surface area contributed by atoms with Gasteiger partial charge in [0.1, 0.15) is 5.69 Å². The standard InChI is InChI=1S/C19H23N3O/c1-21-15-5-3-2-4-14(15)12-16(21)18(23)20-17-13-6-10-22(11-7-13)19(17)8-9-19/h2-5,12-13,17H,6-11H2,1H3,(H,20,23). The Labute approximate surface area is 136 Å². The van der Waals surface area contributed by atoms with Crippen molar-refractivity contribution in [3.63, 3.8) is 0 Å². The highest BCUT2D eigenvalue weighted by atomic mass is 16.2. The molecule has 6 rings (SSSR count). The Morgan fingerprint density at radius 1 is 1.22 bits per heavy atom. The first-order valence-electron chi connectivity index (χ1n) is 8.79. The fraction of sp³-hybridized carbons (Fsp3) is 0.526. The van der Waals surface area contributed by atoms with E-state index in [9.17, 15) is 4.79 Å². The molecule has 2 bridgehead atoms. The number of carbonyl (C=O) groups is 1. The van der Waals surface area contributed by atoms with Crippen LogP contribution in [0.4, 0.5) is 0 Å². The van der Waals surface area contributed by atoms with E-state index in [0.717, 1.165) is 16.6 Å². The van der Waals surface area contributed by atoms with Crippen LogP contribution >= 0.6 is 0 Å². The predicted molar refractivity (Wildman–Crippen MR) is 90.4 cm³/mol. The SMILES string of the molecule is Cn1c(C(=O)NC2C3CCN(CC3)C23CC3)cc2ccccc21. The van der Waals surface area contributed by atoms with Crippen LogP contribution in [0.25, 0.3) is 10.9 Å². The first-order chi connectivity index (χ1) is 11.2. The zero-order chi connectivity index (χ0) is 15.6. The average Bonchev–Trinajstić information content (AvgIpc) is 3.29. The van der Waals surface area contributed by atoms with E-state index >= 15 is 0 Å². The van der Waals surface area contributed by atoms with Crippen LogP contribution in [0.1, 0.15) is 36.2 Å². The highest BCUT2D eigenvalue weighted by molar-refractivity contribution is 5.99. The van der Waals surface area contributed by atoms with E-state index in [4.69, 9.17) is 0 Å². The van der Waals surface area contributed by atoms with Crippen LogP contribution in [0, 0.1) is 5.92 Å². The number of hydrogen-bond donors (Lipinski definition) is 1. The summed E-state index contributed by atoms with van der Waals surface area (Å²) in [4.78, 5) is 15.6. The average molecular weight is 309 g/mol. The molecule has 4 fully saturated rings. The lowest BCUT2D eigenvalue weighted by molar-refractivity contribution is -0.00157. The molecule has 1 aromatic heterocycles. The number of nitrogens with zero attached hydrogens (tertiary/aromatic N) is 2. The summed E-state index contributed by atoms with van der Waals surface area (Å²) < 4.78 is 2.02. The number of aryl methyl sites for hydroxylation is 1. The molecule has 1 aliphatic carbocycles. The molecule has 120 valence electrons. The van der Waals surface area contributed by atoms with Crippen molar-refractivity contribution in [2.75, 3.05) is 13.1 Å². The maximum absolute atomic E-state index is 12.9. The normalized spacial score (nSPS) is 30.7. The molecule has 23 heavy (non-hydrogen) atoms. The van der Waals surface area contributed by atoms with Crippen LogP contribution in [0.5, 0.6) is 0 Å². The minimum absolute atomic E-state index is 0.0914. The van der Waals surface area contributed by atoms with Gasteiger partial charge in [0.05, 0.1) is 6.04 Å². The second kappa shape index (κ2) is 4.60. The Kier molecular flexibility index (Phi) is 2.72. The number of benzene rings is 1. The van der Waals surface area contributed by atoms with Crippen LogP contribution < -0.4 is 5.32 Å². The lowest BCUT2D eigenvalue weighted by atomic mass is 9.77. The summed E-state index contributed by atoms with van der Waals surface area (Å²) in [5.74, 6) is 0.759. The Hall–Kier alpha value is -1.81. The van der Waals surface area contributed by atoms with Gasteiger partial charge in [-0.15, -0.1) is 0 Å². The molecule has 4 heteroatoms. The van der Waals surface area contributed by atoms with E-state index in [2.05, 4.69) is 22.3 Å². The van der Waals surface area contributed by atoms with E-state index in [1.54, 1.807) is 0 Å². The van der Waals surface area contributed by atoms with Crippen molar-refractivity contribution in [3.05, 3.63) is 36.0 Å². The summed E-state index contributed by atoms with van der Waals surface area (Å²) in [7, 11) is 1.99. The highest BCUT2D eigenvalue weighted by Gasteiger charge is 2.60. The number of para-hydroxylation sites is 1. The number of hydrogen-bond acceptors (Lipinski definition) is 2.